The molecule has 2 N–H and O–H groups in total. The maximum atomic E-state index is 10.7. The molecule has 0 saturated carbocycles. The molecule has 3 atom stereocenters. The van der Waals surface area contributed by atoms with E-state index in [1.165, 1.54) is 0 Å². The standard InChI is InChI=1S/C9H14O3/c1-6(10)7-4-2-3-5-8(7)9(11)12/h2-3,6-8,10H,4-5H2,1H3,(H,11,12)/t6?,7-,8-/m0/s1. The second-order valence-electron chi connectivity index (χ2n) is 3.29. The molecule has 0 aromatic heterocycles. The highest BCUT2D eigenvalue weighted by Gasteiger charge is 2.31. The van der Waals surface area contributed by atoms with Gasteiger partial charge in [-0.1, -0.05) is 12.2 Å². The van der Waals surface area contributed by atoms with Crippen LogP contribution in [0, 0.1) is 11.8 Å². The maximum Gasteiger partial charge on any atom is 0.307 e. The summed E-state index contributed by atoms with van der Waals surface area (Å²) < 4.78 is 0. The van der Waals surface area contributed by atoms with Crippen molar-refractivity contribution in [1.29, 1.82) is 0 Å². The molecule has 1 unspecified atom stereocenters. The van der Waals surface area contributed by atoms with E-state index in [1.807, 2.05) is 12.2 Å². The Morgan fingerprint density at radius 2 is 2.08 bits per heavy atom. The van der Waals surface area contributed by atoms with Crippen LogP contribution in [0.25, 0.3) is 0 Å². The van der Waals surface area contributed by atoms with Crippen molar-refractivity contribution in [2.45, 2.75) is 25.9 Å². The second-order valence-corrected chi connectivity index (χ2v) is 3.29. The Morgan fingerprint density at radius 3 is 2.50 bits per heavy atom. The zero-order valence-corrected chi connectivity index (χ0v) is 7.10. The van der Waals surface area contributed by atoms with E-state index >= 15 is 0 Å². The summed E-state index contributed by atoms with van der Waals surface area (Å²) in [7, 11) is 0. The van der Waals surface area contributed by atoms with Crippen LogP contribution in [0.2, 0.25) is 0 Å². The Balaban J connectivity index is 2.69. The SMILES string of the molecule is CC(O)[C@@H]1CC=CC[C@@H]1C(=O)O. The molecule has 0 bridgehead atoms. The lowest BCUT2D eigenvalue weighted by molar-refractivity contribution is -0.145. The van der Waals surface area contributed by atoms with Gasteiger partial charge in [0, 0.05) is 5.92 Å². The van der Waals surface area contributed by atoms with Crippen molar-refractivity contribution in [2.75, 3.05) is 0 Å². The summed E-state index contributed by atoms with van der Waals surface area (Å²) in [6.45, 7) is 1.65. The number of aliphatic carboxylic acids is 1. The number of hydrogen-bond donors (Lipinski definition) is 2. The Hall–Kier alpha value is -0.830. The summed E-state index contributed by atoms with van der Waals surface area (Å²) in [5.41, 5.74) is 0. The first-order chi connectivity index (χ1) is 5.63. The molecule has 0 heterocycles. The highest BCUT2D eigenvalue weighted by Crippen LogP contribution is 2.28. The fourth-order valence-electron chi connectivity index (χ4n) is 1.65. The molecule has 68 valence electrons. The number of hydrogen-bond acceptors (Lipinski definition) is 2. The van der Waals surface area contributed by atoms with E-state index in [0.29, 0.717) is 12.8 Å². The summed E-state index contributed by atoms with van der Waals surface area (Å²) in [6, 6.07) is 0. The van der Waals surface area contributed by atoms with Crippen molar-refractivity contribution in [3.05, 3.63) is 12.2 Å². The number of carboxylic acids is 1. The van der Waals surface area contributed by atoms with Gasteiger partial charge < -0.3 is 10.2 Å². The lowest BCUT2D eigenvalue weighted by atomic mass is 9.80. The summed E-state index contributed by atoms with van der Waals surface area (Å²) in [5, 5.41) is 18.1. The number of allylic oxidation sites excluding steroid dienone is 2. The third-order valence-electron chi connectivity index (χ3n) is 2.42. The molecule has 1 aliphatic rings. The fraction of sp³-hybridized carbons (Fsp3) is 0.667. The van der Waals surface area contributed by atoms with Gasteiger partial charge in [0.2, 0.25) is 0 Å². The zero-order valence-electron chi connectivity index (χ0n) is 7.10. The second kappa shape index (κ2) is 3.72. The van der Waals surface area contributed by atoms with Crippen LogP contribution in [0.5, 0.6) is 0 Å². The molecule has 3 heteroatoms. The summed E-state index contributed by atoms with van der Waals surface area (Å²) in [4.78, 5) is 10.7. The van der Waals surface area contributed by atoms with Gasteiger partial charge in [0.1, 0.15) is 0 Å². The molecule has 0 amide bonds. The molecule has 12 heavy (non-hydrogen) atoms. The number of carboxylic acid groups (broad SMARTS) is 1. The highest BCUT2D eigenvalue weighted by molar-refractivity contribution is 5.71. The third kappa shape index (κ3) is 1.85. The average molecular weight is 170 g/mol. The van der Waals surface area contributed by atoms with Gasteiger partial charge >= 0.3 is 5.97 Å². The summed E-state index contributed by atoms with van der Waals surface area (Å²) in [5.74, 6) is -1.33. The quantitative estimate of drug-likeness (QED) is 0.608. The van der Waals surface area contributed by atoms with E-state index < -0.39 is 18.0 Å². The molecule has 0 aromatic carbocycles. The van der Waals surface area contributed by atoms with Crippen molar-refractivity contribution < 1.29 is 15.0 Å². The smallest absolute Gasteiger partial charge is 0.307 e. The van der Waals surface area contributed by atoms with Crippen LogP contribution in [-0.4, -0.2) is 22.3 Å². The van der Waals surface area contributed by atoms with Crippen LogP contribution in [0.1, 0.15) is 19.8 Å². The zero-order chi connectivity index (χ0) is 9.14. The first kappa shape index (κ1) is 9.26. The van der Waals surface area contributed by atoms with Gasteiger partial charge in [-0.05, 0) is 19.8 Å². The predicted molar refractivity (Wildman–Crippen MR) is 44.7 cm³/mol. The van der Waals surface area contributed by atoms with Crippen molar-refractivity contribution >= 4 is 5.97 Å². The largest absolute Gasteiger partial charge is 0.481 e. The van der Waals surface area contributed by atoms with Crippen molar-refractivity contribution in [3.63, 3.8) is 0 Å². The van der Waals surface area contributed by atoms with E-state index in [-0.39, 0.29) is 5.92 Å². The lowest BCUT2D eigenvalue weighted by Gasteiger charge is -2.27. The number of carbonyl (C=O) groups is 1. The van der Waals surface area contributed by atoms with E-state index in [4.69, 9.17) is 5.11 Å². The van der Waals surface area contributed by atoms with E-state index in [2.05, 4.69) is 0 Å². The Bertz CT molecular complexity index is 196. The van der Waals surface area contributed by atoms with Gasteiger partial charge in [-0.15, -0.1) is 0 Å². The predicted octanol–water partition coefficient (Wildman–Crippen LogP) is 1.03. The number of aliphatic hydroxyl groups excluding tert-OH is 1. The minimum atomic E-state index is -0.801. The molecule has 0 aromatic rings. The molecule has 0 spiro atoms. The van der Waals surface area contributed by atoms with Crippen molar-refractivity contribution in [3.8, 4) is 0 Å². The van der Waals surface area contributed by atoms with Crippen molar-refractivity contribution in [1.82, 2.24) is 0 Å². The first-order valence-electron chi connectivity index (χ1n) is 4.18. The first-order valence-corrected chi connectivity index (χ1v) is 4.18. The molecule has 1 aliphatic carbocycles. The van der Waals surface area contributed by atoms with Gasteiger partial charge in [-0.2, -0.15) is 0 Å². The minimum Gasteiger partial charge on any atom is -0.481 e. The molecular weight excluding hydrogens is 156 g/mol. The number of rotatable bonds is 2. The van der Waals surface area contributed by atoms with Gasteiger partial charge in [0.15, 0.2) is 0 Å². The number of aliphatic hydroxyl groups is 1. The highest BCUT2D eigenvalue weighted by atomic mass is 16.4. The molecule has 1 rings (SSSR count). The van der Waals surface area contributed by atoms with Gasteiger partial charge in [-0.3, -0.25) is 4.79 Å². The van der Waals surface area contributed by atoms with E-state index in [1.54, 1.807) is 6.92 Å². The monoisotopic (exact) mass is 170 g/mol. The average Bonchev–Trinajstić information content (AvgIpc) is 2.04. The third-order valence-corrected chi connectivity index (χ3v) is 2.42. The minimum absolute atomic E-state index is 0.118. The van der Waals surface area contributed by atoms with Crippen LogP contribution in [0.15, 0.2) is 12.2 Å². The Morgan fingerprint density at radius 1 is 1.50 bits per heavy atom. The Labute approximate surface area is 71.7 Å². The molecule has 0 saturated heterocycles. The van der Waals surface area contributed by atoms with E-state index in [9.17, 15) is 9.90 Å². The van der Waals surface area contributed by atoms with Crippen molar-refractivity contribution in [2.24, 2.45) is 11.8 Å². The summed E-state index contributed by atoms with van der Waals surface area (Å²) in [6.07, 6.45) is 4.50. The fourth-order valence-corrected chi connectivity index (χ4v) is 1.65. The van der Waals surface area contributed by atoms with Crippen LogP contribution in [0.3, 0.4) is 0 Å². The van der Waals surface area contributed by atoms with E-state index in [0.717, 1.165) is 0 Å². The van der Waals surface area contributed by atoms with Gasteiger partial charge in [-0.25, -0.2) is 0 Å². The van der Waals surface area contributed by atoms with Crippen LogP contribution < -0.4 is 0 Å². The summed E-state index contributed by atoms with van der Waals surface area (Å²) >= 11 is 0. The molecule has 0 aliphatic heterocycles. The van der Waals surface area contributed by atoms with Gasteiger partial charge in [0.25, 0.3) is 0 Å². The van der Waals surface area contributed by atoms with Crippen LogP contribution in [-0.2, 0) is 4.79 Å². The maximum absolute atomic E-state index is 10.7. The van der Waals surface area contributed by atoms with Crippen LogP contribution >= 0.6 is 0 Å². The molecule has 0 radical (unpaired) electrons. The Kier molecular flexibility index (Phi) is 2.87. The molecular formula is C9H14O3. The molecule has 0 fully saturated rings. The van der Waals surface area contributed by atoms with Gasteiger partial charge in [0.05, 0.1) is 12.0 Å². The molecule has 3 nitrogen and oxygen atoms in total. The van der Waals surface area contributed by atoms with Crippen LogP contribution in [0.4, 0.5) is 0 Å². The normalized spacial score (nSPS) is 31.5. The lowest BCUT2D eigenvalue weighted by Crippen LogP contribution is -2.32. The topological polar surface area (TPSA) is 57.5 Å².